The number of hydrogen-bond acceptors (Lipinski definition) is 5. The van der Waals surface area contributed by atoms with Crippen molar-refractivity contribution < 1.29 is 9.84 Å². The molecule has 124 valence electrons. The molecule has 6 nitrogen and oxygen atoms in total. The van der Waals surface area contributed by atoms with Gasteiger partial charge in [0, 0.05) is 12.2 Å². The van der Waals surface area contributed by atoms with Gasteiger partial charge in [-0.15, -0.1) is 0 Å². The quantitative estimate of drug-likeness (QED) is 0.724. The standard InChI is InChI=1S/C18H19N3O3/c1-24-15-8-6-13(7-9-15)19-10-14(22)11-21-12-20-17-5-3-2-4-16(17)18(21)23/h2-9,12,14,19,22H,10-11H2,1H3/t14-/m1/s1. The highest BCUT2D eigenvalue weighted by atomic mass is 16.5. The summed E-state index contributed by atoms with van der Waals surface area (Å²) >= 11 is 0. The molecule has 0 aliphatic carbocycles. The molecule has 1 atom stereocenters. The molecule has 0 spiro atoms. The highest BCUT2D eigenvalue weighted by molar-refractivity contribution is 5.76. The van der Waals surface area contributed by atoms with Crippen molar-refractivity contribution in [1.82, 2.24) is 9.55 Å². The predicted molar refractivity (Wildman–Crippen MR) is 93.5 cm³/mol. The lowest BCUT2D eigenvalue weighted by Crippen LogP contribution is -2.31. The van der Waals surface area contributed by atoms with Crippen molar-refractivity contribution in [3.05, 3.63) is 65.2 Å². The van der Waals surface area contributed by atoms with Crippen molar-refractivity contribution in [2.75, 3.05) is 19.0 Å². The van der Waals surface area contributed by atoms with E-state index in [0.29, 0.717) is 17.4 Å². The first-order valence-corrected chi connectivity index (χ1v) is 7.67. The number of para-hydroxylation sites is 1. The zero-order valence-electron chi connectivity index (χ0n) is 13.3. The summed E-state index contributed by atoms with van der Waals surface area (Å²) in [5.41, 5.74) is 1.38. The van der Waals surface area contributed by atoms with Crippen LogP contribution in [0.3, 0.4) is 0 Å². The van der Waals surface area contributed by atoms with Gasteiger partial charge < -0.3 is 15.2 Å². The summed E-state index contributed by atoms with van der Waals surface area (Å²) < 4.78 is 6.53. The molecule has 3 aromatic rings. The largest absolute Gasteiger partial charge is 0.497 e. The summed E-state index contributed by atoms with van der Waals surface area (Å²) in [5.74, 6) is 0.773. The van der Waals surface area contributed by atoms with Crippen molar-refractivity contribution in [2.45, 2.75) is 12.6 Å². The molecular weight excluding hydrogens is 306 g/mol. The number of aliphatic hydroxyl groups is 1. The number of anilines is 1. The molecule has 0 aliphatic rings. The van der Waals surface area contributed by atoms with Crippen LogP contribution in [0.15, 0.2) is 59.7 Å². The number of nitrogens with one attached hydrogen (secondary N) is 1. The maximum Gasteiger partial charge on any atom is 0.261 e. The number of fused-ring (bicyclic) bond motifs is 1. The second-order valence-electron chi connectivity index (χ2n) is 5.48. The van der Waals surface area contributed by atoms with Gasteiger partial charge in [0.1, 0.15) is 5.75 Å². The van der Waals surface area contributed by atoms with Crippen LogP contribution in [0.2, 0.25) is 0 Å². The summed E-state index contributed by atoms with van der Waals surface area (Å²) in [6.07, 6.45) is 0.758. The second-order valence-corrected chi connectivity index (χ2v) is 5.48. The van der Waals surface area contributed by atoms with Gasteiger partial charge in [-0.3, -0.25) is 9.36 Å². The molecule has 0 radical (unpaired) electrons. The number of aromatic nitrogens is 2. The predicted octanol–water partition coefficient (Wildman–Crippen LogP) is 1.88. The molecule has 24 heavy (non-hydrogen) atoms. The molecule has 3 rings (SSSR count). The van der Waals surface area contributed by atoms with Crippen LogP contribution in [0.5, 0.6) is 5.75 Å². The highest BCUT2D eigenvalue weighted by Gasteiger charge is 2.09. The van der Waals surface area contributed by atoms with Gasteiger partial charge >= 0.3 is 0 Å². The van der Waals surface area contributed by atoms with Gasteiger partial charge in [0.25, 0.3) is 5.56 Å². The average molecular weight is 325 g/mol. The van der Waals surface area contributed by atoms with Crippen LogP contribution in [-0.4, -0.2) is 34.4 Å². The van der Waals surface area contributed by atoms with Gasteiger partial charge in [0.05, 0.1) is 37.0 Å². The molecule has 0 fully saturated rings. The van der Waals surface area contributed by atoms with Crippen LogP contribution < -0.4 is 15.6 Å². The van der Waals surface area contributed by atoms with E-state index in [-0.39, 0.29) is 12.1 Å². The Bertz CT molecular complexity index is 875. The Morgan fingerprint density at radius 2 is 1.96 bits per heavy atom. The van der Waals surface area contributed by atoms with E-state index >= 15 is 0 Å². The highest BCUT2D eigenvalue weighted by Crippen LogP contribution is 2.14. The Hall–Kier alpha value is -2.86. The summed E-state index contributed by atoms with van der Waals surface area (Å²) in [5, 5.41) is 13.9. The first kappa shape index (κ1) is 16.0. The molecule has 1 aromatic heterocycles. The minimum absolute atomic E-state index is 0.149. The number of ether oxygens (including phenoxy) is 1. The van der Waals surface area contributed by atoms with E-state index in [1.807, 2.05) is 30.3 Å². The van der Waals surface area contributed by atoms with Crippen LogP contribution in [0.4, 0.5) is 5.69 Å². The van der Waals surface area contributed by atoms with E-state index in [2.05, 4.69) is 10.3 Å². The molecule has 1 heterocycles. The summed E-state index contributed by atoms with van der Waals surface area (Å²) in [6.45, 7) is 0.505. The van der Waals surface area contributed by atoms with E-state index < -0.39 is 6.10 Å². The average Bonchev–Trinajstić information content (AvgIpc) is 2.63. The fraction of sp³-hybridized carbons (Fsp3) is 0.222. The summed E-state index contributed by atoms with van der Waals surface area (Å²) in [7, 11) is 1.61. The number of aliphatic hydroxyl groups excluding tert-OH is 1. The zero-order valence-corrected chi connectivity index (χ0v) is 13.3. The first-order valence-electron chi connectivity index (χ1n) is 7.67. The SMILES string of the molecule is COc1ccc(NC[C@@H](O)Cn2cnc3ccccc3c2=O)cc1. The van der Waals surface area contributed by atoms with Crippen LogP contribution >= 0.6 is 0 Å². The number of methoxy groups -OCH3 is 1. The van der Waals surface area contributed by atoms with Crippen molar-refractivity contribution >= 4 is 16.6 Å². The zero-order chi connectivity index (χ0) is 16.9. The Kier molecular flexibility index (Phi) is 4.77. The molecule has 0 unspecified atom stereocenters. The number of rotatable bonds is 6. The lowest BCUT2D eigenvalue weighted by Gasteiger charge is -2.14. The van der Waals surface area contributed by atoms with Gasteiger partial charge in [-0.2, -0.15) is 0 Å². The van der Waals surface area contributed by atoms with E-state index in [4.69, 9.17) is 4.74 Å². The van der Waals surface area contributed by atoms with Crippen molar-refractivity contribution in [3.8, 4) is 5.75 Å². The second kappa shape index (κ2) is 7.14. The Morgan fingerprint density at radius 3 is 2.71 bits per heavy atom. The van der Waals surface area contributed by atoms with E-state index in [0.717, 1.165) is 11.4 Å². The van der Waals surface area contributed by atoms with Crippen LogP contribution in [0.1, 0.15) is 0 Å². The fourth-order valence-corrected chi connectivity index (χ4v) is 2.47. The molecule has 0 saturated carbocycles. The van der Waals surface area contributed by atoms with Gasteiger partial charge in [-0.05, 0) is 36.4 Å². The third-order valence-electron chi connectivity index (χ3n) is 3.77. The summed E-state index contributed by atoms with van der Waals surface area (Å²) in [4.78, 5) is 16.6. The van der Waals surface area contributed by atoms with E-state index in [1.165, 1.54) is 10.9 Å². The molecular formula is C18H19N3O3. The third kappa shape index (κ3) is 3.55. The van der Waals surface area contributed by atoms with Gasteiger partial charge in [0.15, 0.2) is 0 Å². The molecule has 2 aromatic carbocycles. The summed E-state index contributed by atoms with van der Waals surface area (Å²) in [6, 6.07) is 14.6. The maximum atomic E-state index is 12.4. The minimum atomic E-state index is -0.715. The molecule has 6 heteroatoms. The van der Waals surface area contributed by atoms with Crippen LogP contribution in [0.25, 0.3) is 10.9 Å². The molecule has 0 amide bonds. The number of hydrogen-bond donors (Lipinski definition) is 2. The minimum Gasteiger partial charge on any atom is -0.497 e. The fourth-order valence-electron chi connectivity index (χ4n) is 2.47. The Morgan fingerprint density at radius 1 is 1.21 bits per heavy atom. The Labute approximate surface area is 139 Å². The monoisotopic (exact) mass is 325 g/mol. The van der Waals surface area contributed by atoms with Crippen molar-refractivity contribution in [2.24, 2.45) is 0 Å². The number of benzene rings is 2. The van der Waals surface area contributed by atoms with Crippen LogP contribution in [-0.2, 0) is 6.54 Å². The van der Waals surface area contributed by atoms with Crippen LogP contribution in [0, 0.1) is 0 Å². The smallest absolute Gasteiger partial charge is 0.261 e. The first-order chi connectivity index (χ1) is 11.7. The lowest BCUT2D eigenvalue weighted by atomic mass is 10.2. The lowest BCUT2D eigenvalue weighted by molar-refractivity contribution is 0.165. The molecule has 2 N–H and O–H groups in total. The molecule has 0 bridgehead atoms. The normalized spacial score (nSPS) is 12.1. The third-order valence-corrected chi connectivity index (χ3v) is 3.77. The van der Waals surface area contributed by atoms with Crippen molar-refractivity contribution in [3.63, 3.8) is 0 Å². The van der Waals surface area contributed by atoms with Gasteiger partial charge in [-0.1, -0.05) is 12.1 Å². The Balaban J connectivity index is 1.65. The topological polar surface area (TPSA) is 76.4 Å². The van der Waals surface area contributed by atoms with Crippen molar-refractivity contribution in [1.29, 1.82) is 0 Å². The van der Waals surface area contributed by atoms with Gasteiger partial charge in [0.2, 0.25) is 0 Å². The number of nitrogens with zero attached hydrogens (tertiary/aromatic N) is 2. The van der Waals surface area contributed by atoms with E-state index in [1.54, 1.807) is 25.3 Å². The molecule has 0 aliphatic heterocycles. The van der Waals surface area contributed by atoms with Gasteiger partial charge in [-0.25, -0.2) is 4.98 Å². The molecule has 0 saturated heterocycles. The van der Waals surface area contributed by atoms with E-state index in [9.17, 15) is 9.90 Å². The maximum absolute atomic E-state index is 12.4.